The first-order valence-corrected chi connectivity index (χ1v) is 4.87. The van der Waals surface area contributed by atoms with Crippen LogP contribution in [0.4, 0.5) is 5.88 Å². The van der Waals surface area contributed by atoms with Gasteiger partial charge in [-0.2, -0.15) is 0 Å². The van der Waals surface area contributed by atoms with Gasteiger partial charge in [-0.3, -0.25) is 0 Å². The number of fused-ring (bicyclic) bond motifs is 1. The van der Waals surface area contributed by atoms with Gasteiger partial charge >= 0.3 is 0 Å². The normalized spacial score (nSPS) is 11.3. The first kappa shape index (κ1) is 9.65. The Morgan fingerprint density at radius 3 is 3.20 bits per heavy atom. The van der Waals surface area contributed by atoms with Crippen molar-refractivity contribution in [2.45, 2.75) is 13.3 Å². The van der Waals surface area contributed by atoms with Crippen LogP contribution in [-0.4, -0.2) is 11.7 Å². The molecule has 76 valence electrons. The van der Waals surface area contributed by atoms with E-state index >= 15 is 0 Å². The number of rotatable bonds is 3. The number of nitrogens with zero attached hydrogens (tertiary/aromatic N) is 2. The Hall–Kier alpha value is -1.90. The monoisotopic (exact) mass is 200 g/mol. The van der Waals surface area contributed by atoms with Crippen molar-refractivity contribution >= 4 is 29.8 Å². The average molecular weight is 200 g/mol. The molecule has 0 aliphatic carbocycles. The maximum atomic E-state index is 5.45. The van der Waals surface area contributed by atoms with Crippen molar-refractivity contribution in [3.05, 3.63) is 30.0 Å². The van der Waals surface area contributed by atoms with Gasteiger partial charge in [0.15, 0.2) is 0 Å². The lowest BCUT2D eigenvalue weighted by Crippen LogP contribution is -1.71. The van der Waals surface area contributed by atoms with Gasteiger partial charge in [0.1, 0.15) is 0 Å². The van der Waals surface area contributed by atoms with Crippen LogP contribution in [0.3, 0.4) is 0 Å². The van der Waals surface area contributed by atoms with Crippen molar-refractivity contribution < 1.29 is 4.42 Å². The number of aliphatic imine (C=N–C) groups is 1. The maximum absolute atomic E-state index is 5.45. The molecule has 0 atom stereocenters. The summed E-state index contributed by atoms with van der Waals surface area (Å²) in [6.07, 6.45) is 6.74. The minimum absolute atomic E-state index is 0.536. The third kappa shape index (κ3) is 1.68. The van der Waals surface area contributed by atoms with Gasteiger partial charge in [0, 0.05) is 17.1 Å². The van der Waals surface area contributed by atoms with Gasteiger partial charge in [-0.1, -0.05) is 19.1 Å². The lowest BCUT2D eigenvalue weighted by Gasteiger charge is -1.89. The number of pyridine rings is 1. The Balaban J connectivity index is 2.66. The minimum Gasteiger partial charge on any atom is -0.419 e. The van der Waals surface area contributed by atoms with E-state index < -0.39 is 0 Å². The van der Waals surface area contributed by atoms with Gasteiger partial charge in [-0.25, -0.2) is 9.98 Å². The number of furan rings is 1. The average Bonchev–Trinajstić information content (AvgIpc) is 2.64. The second kappa shape index (κ2) is 4.09. The highest BCUT2D eigenvalue weighted by Crippen LogP contribution is 2.31. The zero-order valence-corrected chi connectivity index (χ0v) is 8.60. The highest BCUT2D eigenvalue weighted by molar-refractivity contribution is 5.90. The summed E-state index contributed by atoms with van der Waals surface area (Å²) < 4.78 is 5.45. The number of hydrogen-bond donors (Lipinski definition) is 0. The van der Waals surface area contributed by atoms with E-state index in [1.54, 1.807) is 6.20 Å². The van der Waals surface area contributed by atoms with E-state index in [1.165, 1.54) is 0 Å². The fourth-order valence-electron chi connectivity index (χ4n) is 1.45. The molecule has 2 aromatic heterocycles. The van der Waals surface area contributed by atoms with Crippen LogP contribution >= 0.6 is 0 Å². The molecule has 0 unspecified atom stereocenters. The van der Waals surface area contributed by atoms with Crippen molar-refractivity contribution in [3.8, 4) is 0 Å². The van der Waals surface area contributed by atoms with Gasteiger partial charge in [-0.05, 0) is 25.3 Å². The van der Waals surface area contributed by atoms with E-state index in [4.69, 9.17) is 4.42 Å². The molecule has 0 N–H and O–H groups in total. The summed E-state index contributed by atoms with van der Waals surface area (Å²) in [6, 6.07) is 3.85. The lowest BCUT2D eigenvalue weighted by molar-refractivity contribution is 0.613. The topological polar surface area (TPSA) is 38.4 Å². The molecule has 0 fully saturated rings. The van der Waals surface area contributed by atoms with Gasteiger partial charge in [0.25, 0.3) is 0 Å². The molecule has 0 saturated heterocycles. The Labute approximate surface area is 88.2 Å². The van der Waals surface area contributed by atoms with Gasteiger partial charge < -0.3 is 4.42 Å². The zero-order valence-electron chi connectivity index (χ0n) is 8.60. The van der Waals surface area contributed by atoms with E-state index in [0.717, 1.165) is 17.4 Å². The maximum Gasteiger partial charge on any atom is 0.229 e. The molecule has 0 spiro atoms. The Kier molecular flexibility index (Phi) is 2.63. The van der Waals surface area contributed by atoms with Crippen LogP contribution < -0.4 is 0 Å². The van der Waals surface area contributed by atoms with E-state index in [0.29, 0.717) is 11.6 Å². The fourth-order valence-corrected chi connectivity index (χ4v) is 1.45. The SMILES string of the molecule is C=Nc1oc2ncccc2c1/C=C\CC. The third-order valence-corrected chi connectivity index (χ3v) is 2.15. The molecule has 0 aliphatic rings. The largest absolute Gasteiger partial charge is 0.419 e. The van der Waals surface area contributed by atoms with Crippen LogP contribution in [-0.2, 0) is 0 Å². The highest BCUT2D eigenvalue weighted by Gasteiger charge is 2.10. The molecule has 3 nitrogen and oxygen atoms in total. The van der Waals surface area contributed by atoms with E-state index in [2.05, 4.69) is 29.7 Å². The summed E-state index contributed by atoms with van der Waals surface area (Å²) in [4.78, 5) is 7.98. The number of aromatic nitrogens is 1. The van der Waals surface area contributed by atoms with Gasteiger partial charge in [0.05, 0.1) is 0 Å². The standard InChI is InChI=1S/C12H12N2O/c1-3-4-6-9-10-7-5-8-14-12(10)15-11(9)13-2/h4-8H,2-3H2,1H3/b6-4-. The molecule has 2 aromatic rings. The molecule has 2 rings (SSSR count). The van der Waals surface area contributed by atoms with Crippen LogP contribution in [0.15, 0.2) is 33.8 Å². The molecule has 0 aliphatic heterocycles. The zero-order chi connectivity index (χ0) is 10.7. The molecule has 15 heavy (non-hydrogen) atoms. The molecular weight excluding hydrogens is 188 g/mol. The Morgan fingerprint density at radius 2 is 2.47 bits per heavy atom. The summed E-state index contributed by atoms with van der Waals surface area (Å²) in [5.41, 5.74) is 1.56. The number of allylic oxidation sites excluding steroid dienone is 1. The number of hydrogen-bond acceptors (Lipinski definition) is 3. The second-order valence-electron chi connectivity index (χ2n) is 3.15. The Morgan fingerprint density at radius 1 is 1.60 bits per heavy atom. The third-order valence-electron chi connectivity index (χ3n) is 2.15. The first-order chi connectivity index (χ1) is 7.36. The smallest absolute Gasteiger partial charge is 0.229 e. The summed E-state index contributed by atoms with van der Waals surface area (Å²) in [5, 5.41) is 0.976. The molecular formula is C12H12N2O. The second-order valence-corrected chi connectivity index (χ2v) is 3.15. The summed E-state index contributed by atoms with van der Waals surface area (Å²) >= 11 is 0. The molecule has 0 bridgehead atoms. The molecule has 2 heterocycles. The van der Waals surface area contributed by atoms with Crippen molar-refractivity contribution in [3.63, 3.8) is 0 Å². The lowest BCUT2D eigenvalue weighted by atomic mass is 10.2. The summed E-state index contributed by atoms with van der Waals surface area (Å²) in [5.74, 6) is 0.536. The molecule has 0 saturated carbocycles. The summed E-state index contributed by atoms with van der Waals surface area (Å²) in [6.45, 7) is 5.57. The van der Waals surface area contributed by atoms with Gasteiger partial charge in [0.2, 0.25) is 11.6 Å². The quantitative estimate of drug-likeness (QED) is 0.710. The van der Waals surface area contributed by atoms with E-state index in [9.17, 15) is 0 Å². The van der Waals surface area contributed by atoms with Crippen LogP contribution in [0.5, 0.6) is 0 Å². The van der Waals surface area contributed by atoms with Crippen LogP contribution in [0.1, 0.15) is 18.9 Å². The van der Waals surface area contributed by atoms with Crippen molar-refractivity contribution in [1.82, 2.24) is 4.98 Å². The molecule has 0 radical (unpaired) electrons. The van der Waals surface area contributed by atoms with E-state index in [1.807, 2.05) is 18.2 Å². The van der Waals surface area contributed by atoms with Crippen LogP contribution in [0, 0.1) is 0 Å². The fraction of sp³-hybridized carbons (Fsp3) is 0.167. The van der Waals surface area contributed by atoms with Crippen LogP contribution in [0.25, 0.3) is 17.2 Å². The molecule has 3 heteroatoms. The van der Waals surface area contributed by atoms with Crippen molar-refractivity contribution in [1.29, 1.82) is 0 Å². The van der Waals surface area contributed by atoms with E-state index in [-0.39, 0.29) is 0 Å². The molecule has 0 aromatic carbocycles. The Bertz CT molecular complexity index is 511. The first-order valence-electron chi connectivity index (χ1n) is 4.87. The highest BCUT2D eigenvalue weighted by atomic mass is 16.4. The molecule has 0 amide bonds. The van der Waals surface area contributed by atoms with Crippen molar-refractivity contribution in [2.75, 3.05) is 0 Å². The predicted octanol–water partition coefficient (Wildman–Crippen LogP) is 3.58. The van der Waals surface area contributed by atoms with Crippen molar-refractivity contribution in [2.24, 2.45) is 4.99 Å². The minimum atomic E-state index is 0.536. The predicted molar refractivity (Wildman–Crippen MR) is 62.5 cm³/mol. The summed E-state index contributed by atoms with van der Waals surface area (Å²) in [7, 11) is 0. The van der Waals surface area contributed by atoms with Gasteiger partial charge in [-0.15, -0.1) is 0 Å². The van der Waals surface area contributed by atoms with Crippen LogP contribution in [0.2, 0.25) is 0 Å².